The number of nitrogens with one attached hydrogen (secondary N) is 3. The summed E-state index contributed by atoms with van der Waals surface area (Å²) >= 11 is 0. The van der Waals surface area contributed by atoms with E-state index in [0.29, 0.717) is 39.2 Å². The molecule has 188 valence electrons. The number of benzene rings is 2. The van der Waals surface area contributed by atoms with Crippen LogP contribution in [0.2, 0.25) is 0 Å². The Morgan fingerprint density at radius 3 is 2.37 bits per heavy atom. The smallest absolute Gasteiger partial charge is 0.258 e. The van der Waals surface area contributed by atoms with Crippen molar-refractivity contribution in [3.63, 3.8) is 0 Å². The molecule has 2 aliphatic rings. The number of hydrogen-bond acceptors (Lipinski definition) is 6. The van der Waals surface area contributed by atoms with Crippen LogP contribution >= 0.6 is 0 Å². The van der Waals surface area contributed by atoms with Gasteiger partial charge in [0.25, 0.3) is 11.8 Å². The van der Waals surface area contributed by atoms with Crippen molar-refractivity contribution >= 4 is 38.9 Å². The summed E-state index contributed by atoms with van der Waals surface area (Å²) in [7, 11) is -2.17. The third-order valence-electron chi connectivity index (χ3n) is 6.91. The highest BCUT2D eigenvalue weighted by molar-refractivity contribution is 7.92. The van der Waals surface area contributed by atoms with Crippen molar-refractivity contribution in [3.05, 3.63) is 53.1 Å². The molecular weight excluding hydrogens is 468 g/mol. The lowest BCUT2D eigenvalue weighted by Crippen LogP contribution is -2.36. The molecule has 2 aromatic carbocycles. The first-order valence-corrected chi connectivity index (χ1v) is 13.4. The number of carbonyl (C=O) groups excluding carboxylic acids is 2. The normalized spacial score (nSPS) is 16.6. The fourth-order valence-electron chi connectivity index (χ4n) is 4.70. The van der Waals surface area contributed by atoms with E-state index in [1.54, 1.807) is 50.4 Å². The number of amides is 2. The minimum atomic E-state index is -3.71. The van der Waals surface area contributed by atoms with Gasteiger partial charge in [0, 0.05) is 31.4 Å². The van der Waals surface area contributed by atoms with E-state index in [0.717, 1.165) is 25.9 Å². The van der Waals surface area contributed by atoms with Crippen LogP contribution in [0.5, 0.6) is 0 Å². The van der Waals surface area contributed by atoms with E-state index < -0.39 is 22.4 Å². The Bertz CT molecular complexity index is 1230. The summed E-state index contributed by atoms with van der Waals surface area (Å²) in [6.07, 6.45) is 4.58. The monoisotopic (exact) mass is 500 g/mol. The highest BCUT2D eigenvalue weighted by Gasteiger charge is 2.44. The molecule has 0 unspecified atom stereocenters. The number of hydrogen-bond donors (Lipinski definition) is 4. The second-order valence-electron chi connectivity index (χ2n) is 9.43. The van der Waals surface area contributed by atoms with Gasteiger partial charge in [-0.1, -0.05) is 6.07 Å². The van der Waals surface area contributed by atoms with Crippen molar-refractivity contribution in [3.8, 4) is 0 Å². The van der Waals surface area contributed by atoms with E-state index in [1.807, 2.05) is 0 Å². The molecule has 0 aromatic heterocycles. The van der Waals surface area contributed by atoms with Crippen LogP contribution in [-0.2, 0) is 10.0 Å². The van der Waals surface area contributed by atoms with Gasteiger partial charge in [-0.15, -0.1) is 0 Å². The minimum absolute atomic E-state index is 0.250. The number of nitrogens with zero attached hydrogens (tertiary/aromatic N) is 1. The molecule has 0 atom stereocenters. The summed E-state index contributed by atoms with van der Waals surface area (Å²) in [6, 6.07) is 10.0. The van der Waals surface area contributed by atoms with Crippen LogP contribution in [-0.4, -0.2) is 57.8 Å². The third-order valence-corrected chi connectivity index (χ3v) is 8.17. The van der Waals surface area contributed by atoms with Gasteiger partial charge in [-0.2, -0.15) is 0 Å². The van der Waals surface area contributed by atoms with E-state index in [4.69, 9.17) is 5.11 Å². The molecule has 0 bridgehead atoms. The van der Waals surface area contributed by atoms with Gasteiger partial charge in [-0.05, 0) is 73.9 Å². The summed E-state index contributed by atoms with van der Waals surface area (Å²) in [4.78, 5) is 27.6. The second kappa shape index (κ2) is 9.87. The first-order chi connectivity index (χ1) is 16.6. The second-order valence-corrected chi connectivity index (χ2v) is 11.3. The Hall–Kier alpha value is -3.11. The van der Waals surface area contributed by atoms with E-state index >= 15 is 0 Å². The van der Waals surface area contributed by atoms with E-state index in [9.17, 15) is 18.0 Å². The SMILES string of the molecule is CNC(=O)c1cccc(NC(=O)c2c(C)cc(NS(=O)(=O)CCO)cc2N2CCC3(CC2)CC3)c1. The Kier molecular flexibility index (Phi) is 7.05. The predicted octanol–water partition coefficient (Wildman–Crippen LogP) is 2.72. The highest BCUT2D eigenvalue weighted by Crippen LogP contribution is 2.54. The standard InChI is InChI=1S/C25H32N4O5S/c1-17-14-20(28-35(33,34)13-12-30)16-21(29-10-8-25(6-7-25)9-11-29)22(17)24(32)27-19-5-3-4-18(15-19)23(31)26-2/h3-5,14-16,28,30H,6-13H2,1-2H3,(H,26,31)(H,27,32). The predicted molar refractivity (Wildman–Crippen MR) is 137 cm³/mol. The maximum Gasteiger partial charge on any atom is 0.258 e. The average Bonchev–Trinajstić information content (AvgIpc) is 3.57. The molecule has 10 heteroatoms. The van der Waals surface area contributed by atoms with Crippen LogP contribution in [0.15, 0.2) is 36.4 Å². The molecule has 1 aliphatic carbocycles. The number of aryl methyl sites for hydroxylation is 1. The first-order valence-electron chi connectivity index (χ1n) is 11.8. The topological polar surface area (TPSA) is 128 Å². The van der Waals surface area contributed by atoms with Crippen molar-refractivity contribution in [1.82, 2.24) is 5.32 Å². The molecule has 1 spiro atoms. The molecule has 35 heavy (non-hydrogen) atoms. The lowest BCUT2D eigenvalue weighted by molar-refractivity contribution is 0.0961. The summed E-state index contributed by atoms with van der Waals surface area (Å²) < 4.78 is 27.1. The molecule has 1 aliphatic heterocycles. The minimum Gasteiger partial charge on any atom is -0.395 e. The Morgan fingerprint density at radius 1 is 1.03 bits per heavy atom. The van der Waals surface area contributed by atoms with Crippen LogP contribution in [0.4, 0.5) is 17.1 Å². The maximum atomic E-state index is 13.5. The van der Waals surface area contributed by atoms with Crippen LogP contribution in [0.1, 0.15) is 52.0 Å². The summed E-state index contributed by atoms with van der Waals surface area (Å²) in [5, 5.41) is 14.5. The van der Waals surface area contributed by atoms with Crippen LogP contribution in [0.3, 0.4) is 0 Å². The largest absolute Gasteiger partial charge is 0.395 e. The highest BCUT2D eigenvalue weighted by atomic mass is 32.2. The Balaban J connectivity index is 1.66. The lowest BCUT2D eigenvalue weighted by Gasteiger charge is -2.35. The zero-order valence-electron chi connectivity index (χ0n) is 20.1. The van der Waals surface area contributed by atoms with Crippen molar-refractivity contribution in [1.29, 1.82) is 0 Å². The molecule has 4 rings (SSSR count). The molecule has 0 radical (unpaired) electrons. The maximum absolute atomic E-state index is 13.5. The quantitative estimate of drug-likeness (QED) is 0.441. The van der Waals surface area contributed by atoms with Gasteiger partial charge in [-0.25, -0.2) is 8.42 Å². The van der Waals surface area contributed by atoms with Crippen LogP contribution < -0.4 is 20.3 Å². The number of anilines is 3. The van der Waals surface area contributed by atoms with Gasteiger partial charge < -0.3 is 20.6 Å². The van der Waals surface area contributed by atoms with Gasteiger partial charge in [0.15, 0.2) is 0 Å². The molecule has 2 aromatic rings. The first kappa shape index (κ1) is 25.0. The number of aliphatic hydroxyl groups excluding tert-OH is 1. The van der Waals surface area contributed by atoms with Crippen molar-refractivity contribution < 1.29 is 23.1 Å². The van der Waals surface area contributed by atoms with E-state index in [1.165, 1.54) is 12.8 Å². The fourth-order valence-corrected chi connectivity index (χ4v) is 5.52. The van der Waals surface area contributed by atoms with Crippen molar-refractivity contribution in [2.24, 2.45) is 5.41 Å². The summed E-state index contributed by atoms with van der Waals surface area (Å²) in [5.41, 5.74) is 3.47. The molecule has 4 N–H and O–H groups in total. The molecule has 2 amide bonds. The number of sulfonamides is 1. The van der Waals surface area contributed by atoms with Gasteiger partial charge in [0.1, 0.15) is 0 Å². The number of rotatable bonds is 8. The average molecular weight is 501 g/mol. The molecular formula is C25H32N4O5S. The van der Waals surface area contributed by atoms with Crippen LogP contribution in [0.25, 0.3) is 0 Å². The number of aliphatic hydroxyl groups is 1. The molecule has 2 fully saturated rings. The van der Waals surface area contributed by atoms with E-state index in [-0.39, 0.29) is 11.8 Å². The zero-order chi connectivity index (χ0) is 25.2. The zero-order valence-corrected chi connectivity index (χ0v) is 20.9. The summed E-state index contributed by atoms with van der Waals surface area (Å²) in [6.45, 7) is 2.87. The number of piperidine rings is 1. The van der Waals surface area contributed by atoms with E-state index in [2.05, 4.69) is 20.3 Å². The van der Waals surface area contributed by atoms with Gasteiger partial charge >= 0.3 is 0 Å². The molecule has 1 saturated carbocycles. The van der Waals surface area contributed by atoms with Gasteiger partial charge in [0.2, 0.25) is 10.0 Å². The van der Waals surface area contributed by atoms with Crippen molar-refractivity contribution in [2.45, 2.75) is 32.6 Å². The van der Waals surface area contributed by atoms with Crippen LogP contribution in [0, 0.1) is 12.3 Å². The Labute approximate surface area is 206 Å². The third kappa shape index (κ3) is 5.76. The Morgan fingerprint density at radius 2 is 1.74 bits per heavy atom. The number of carbonyl (C=O) groups is 2. The fraction of sp³-hybridized carbons (Fsp3) is 0.440. The lowest BCUT2D eigenvalue weighted by atomic mass is 9.92. The molecule has 1 heterocycles. The summed E-state index contributed by atoms with van der Waals surface area (Å²) in [5.74, 6) is -0.986. The van der Waals surface area contributed by atoms with Gasteiger partial charge in [-0.3, -0.25) is 14.3 Å². The molecule has 1 saturated heterocycles. The van der Waals surface area contributed by atoms with Gasteiger partial charge in [0.05, 0.1) is 29.3 Å². The van der Waals surface area contributed by atoms with Crippen molar-refractivity contribution in [2.75, 3.05) is 47.4 Å². The molecule has 9 nitrogen and oxygen atoms in total.